The monoisotopic (exact) mass is 300 g/mol. The van der Waals surface area contributed by atoms with Crippen molar-refractivity contribution in [2.24, 2.45) is 5.92 Å². The maximum atomic E-state index is 12.7. The summed E-state index contributed by atoms with van der Waals surface area (Å²) in [5.41, 5.74) is 0. The molecule has 1 amide bonds. The second kappa shape index (κ2) is 7.69. The molecule has 1 saturated heterocycles. The number of carbonyl (C=O) groups excluding carboxylic acids is 1. The summed E-state index contributed by atoms with van der Waals surface area (Å²) < 4.78 is 0.200. The van der Waals surface area contributed by atoms with Gasteiger partial charge in [0, 0.05) is 11.3 Å². The molecule has 20 heavy (non-hydrogen) atoms. The van der Waals surface area contributed by atoms with Gasteiger partial charge in [0.1, 0.15) is 0 Å². The van der Waals surface area contributed by atoms with Gasteiger partial charge in [0.05, 0.1) is 12.2 Å². The van der Waals surface area contributed by atoms with E-state index in [1.54, 1.807) is 0 Å². The highest BCUT2D eigenvalue weighted by Gasteiger charge is 2.42. The van der Waals surface area contributed by atoms with Crippen LogP contribution >= 0.6 is 11.8 Å². The molecule has 0 saturated carbocycles. The highest BCUT2D eigenvalue weighted by Crippen LogP contribution is 2.34. The summed E-state index contributed by atoms with van der Waals surface area (Å²) in [6.45, 7) is 11.9. The quantitative estimate of drug-likeness (QED) is 0.745. The molecule has 2 atom stereocenters. The van der Waals surface area contributed by atoms with Crippen LogP contribution in [0.1, 0.15) is 60.3 Å². The van der Waals surface area contributed by atoms with E-state index in [9.17, 15) is 4.79 Å². The molecule has 1 N–H and O–H groups in total. The van der Waals surface area contributed by atoms with E-state index in [1.165, 1.54) is 0 Å². The van der Waals surface area contributed by atoms with Crippen molar-refractivity contribution in [3.63, 3.8) is 0 Å². The highest BCUT2D eigenvalue weighted by molar-refractivity contribution is 8.00. The number of nitrogens with zero attached hydrogens (tertiary/aromatic N) is 1. The van der Waals surface area contributed by atoms with Crippen molar-refractivity contribution in [1.29, 1.82) is 0 Å². The number of hydrogen-bond donors (Lipinski definition) is 1. The van der Waals surface area contributed by atoms with Gasteiger partial charge in [-0.05, 0) is 31.4 Å². The predicted molar refractivity (Wildman–Crippen MR) is 89.0 cm³/mol. The summed E-state index contributed by atoms with van der Waals surface area (Å²) in [4.78, 5) is 14.8. The molecule has 1 rings (SSSR count). The molecule has 3 nitrogen and oxygen atoms in total. The van der Waals surface area contributed by atoms with Crippen molar-refractivity contribution in [3.8, 4) is 0 Å². The molecule has 4 heteroatoms. The minimum absolute atomic E-state index is 0.0284. The van der Waals surface area contributed by atoms with Crippen LogP contribution in [0.4, 0.5) is 0 Å². The first-order chi connectivity index (χ1) is 9.44. The smallest absolute Gasteiger partial charge is 0.241 e. The van der Waals surface area contributed by atoms with Gasteiger partial charge in [0.25, 0.3) is 0 Å². The minimum Gasteiger partial charge on any atom is -0.324 e. The molecule has 0 aromatic rings. The number of amides is 1. The van der Waals surface area contributed by atoms with E-state index in [-0.39, 0.29) is 17.0 Å². The summed E-state index contributed by atoms with van der Waals surface area (Å²) in [5, 5.41) is 3.55. The van der Waals surface area contributed by atoms with Crippen LogP contribution in [0.5, 0.6) is 0 Å². The number of rotatable bonds is 8. The predicted octanol–water partition coefficient (Wildman–Crippen LogP) is 3.49. The van der Waals surface area contributed by atoms with E-state index in [2.05, 4.69) is 51.1 Å². The van der Waals surface area contributed by atoms with Crippen LogP contribution in [-0.4, -0.2) is 40.6 Å². The van der Waals surface area contributed by atoms with Crippen molar-refractivity contribution >= 4 is 17.7 Å². The lowest BCUT2D eigenvalue weighted by atomic mass is 10.00. The van der Waals surface area contributed by atoms with E-state index in [1.807, 2.05) is 11.8 Å². The molecule has 0 spiro atoms. The largest absolute Gasteiger partial charge is 0.324 e. The maximum absolute atomic E-state index is 12.7. The van der Waals surface area contributed by atoms with Gasteiger partial charge in [-0.25, -0.2) is 0 Å². The molecular weight excluding hydrogens is 268 g/mol. The third-order valence-corrected chi connectivity index (χ3v) is 6.25. The Balaban J connectivity index is 2.91. The molecule has 0 bridgehead atoms. The molecule has 1 heterocycles. The lowest BCUT2D eigenvalue weighted by Crippen LogP contribution is -2.48. The Bertz CT molecular complexity index is 307. The Morgan fingerprint density at radius 3 is 2.30 bits per heavy atom. The fourth-order valence-electron chi connectivity index (χ4n) is 3.07. The molecule has 1 aliphatic rings. The van der Waals surface area contributed by atoms with Crippen LogP contribution in [0.2, 0.25) is 0 Å². The number of nitrogens with one attached hydrogen (secondary N) is 1. The van der Waals surface area contributed by atoms with Crippen LogP contribution in [0.3, 0.4) is 0 Å². The Morgan fingerprint density at radius 1 is 1.30 bits per heavy atom. The first kappa shape index (κ1) is 17.8. The first-order valence-electron chi connectivity index (χ1n) is 8.06. The van der Waals surface area contributed by atoms with Gasteiger partial charge in [0.15, 0.2) is 0 Å². The second-order valence-electron chi connectivity index (χ2n) is 6.26. The lowest BCUT2D eigenvalue weighted by Gasteiger charge is -2.37. The zero-order chi connectivity index (χ0) is 15.3. The van der Waals surface area contributed by atoms with Gasteiger partial charge in [-0.15, -0.1) is 0 Å². The normalized spacial score (nSPS) is 23.9. The molecule has 0 aromatic heterocycles. The highest BCUT2D eigenvalue weighted by atomic mass is 32.2. The van der Waals surface area contributed by atoms with Crippen molar-refractivity contribution < 1.29 is 4.79 Å². The van der Waals surface area contributed by atoms with Gasteiger partial charge in [-0.3, -0.25) is 10.1 Å². The van der Waals surface area contributed by atoms with Gasteiger partial charge in [-0.2, -0.15) is 11.8 Å². The van der Waals surface area contributed by atoms with Crippen LogP contribution in [0, 0.1) is 5.92 Å². The average Bonchev–Trinajstić information content (AvgIpc) is 2.74. The minimum atomic E-state index is 0.0284. The topological polar surface area (TPSA) is 32.3 Å². The number of thioether (sulfide) groups is 1. The van der Waals surface area contributed by atoms with E-state index < -0.39 is 0 Å². The summed E-state index contributed by atoms with van der Waals surface area (Å²) in [7, 11) is 0. The SMILES string of the molecule is CCCC1NC(C(C)C)N(CC(CC)(CC)SC)C1=O. The zero-order valence-corrected chi connectivity index (χ0v) is 14.8. The van der Waals surface area contributed by atoms with Crippen molar-refractivity contribution in [3.05, 3.63) is 0 Å². The van der Waals surface area contributed by atoms with E-state index in [4.69, 9.17) is 0 Å². The van der Waals surface area contributed by atoms with E-state index in [0.717, 1.165) is 32.2 Å². The number of hydrogen-bond acceptors (Lipinski definition) is 3. The van der Waals surface area contributed by atoms with Gasteiger partial charge in [-0.1, -0.05) is 41.0 Å². The Kier molecular flexibility index (Phi) is 6.86. The zero-order valence-electron chi connectivity index (χ0n) is 14.0. The third kappa shape index (κ3) is 3.70. The molecule has 0 aliphatic carbocycles. The summed E-state index contributed by atoms with van der Waals surface area (Å²) in [6, 6.07) is 0.0284. The van der Waals surface area contributed by atoms with Crippen molar-refractivity contribution in [1.82, 2.24) is 10.2 Å². The second-order valence-corrected chi connectivity index (χ2v) is 7.53. The average molecular weight is 301 g/mol. The van der Waals surface area contributed by atoms with E-state index >= 15 is 0 Å². The lowest BCUT2D eigenvalue weighted by molar-refractivity contribution is -0.131. The van der Waals surface area contributed by atoms with Crippen molar-refractivity contribution in [2.45, 2.75) is 77.3 Å². The Morgan fingerprint density at radius 2 is 1.90 bits per heavy atom. The summed E-state index contributed by atoms with van der Waals surface area (Å²) >= 11 is 1.91. The fraction of sp³-hybridized carbons (Fsp3) is 0.938. The van der Waals surface area contributed by atoms with Crippen LogP contribution in [0.15, 0.2) is 0 Å². The molecule has 1 fully saturated rings. The van der Waals surface area contributed by atoms with Gasteiger partial charge >= 0.3 is 0 Å². The fourth-order valence-corrected chi connectivity index (χ4v) is 3.91. The van der Waals surface area contributed by atoms with Crippen LogP contribution < -0.4 is 5.32 Å². The molecule has 0 radical (unpaired) electrons. The van der Waals surface area contributed by atoms with Gasteiger partial charge < -0.3 is 4.90 Å². The molecule has 0 aromatic carbocycles. The number of carbonyl (C=O) groups is 1. The molecule has 118 valence electrons. The summed E-state index contributed by atoms with van der Waals surface area (Å²) in [5.74, 6) is 0.764. The van der Waals surface area contributed by atoms with Gasteiger partial charge in [0.2, 0.25) is 5.91 Å². The van der Waals surface area contributed by atoms with Crippen LogP contribution in [0.25, 0.3) is 0 Å². The Hall–Kier alpha value is -0.220. The molecule has 2 unspecified atom stereocenters. The first-order valence-corrected chi connectivity index (χ1v) is 9.28. The molecule has 1 aliphatic heterocycles. The summed E-state index contributed by atoms with van der Waals surface area (Å²) in [6.07, 6.45) is 6.59. The van der Waals surface area contributed by atoms with E-state index in [0.29, 0.717) is 11.8 Å². The maximum Gasteiger partial charge on any atom is 0.241 e. The Labute approximate surface area is 129 Å². The third-order valence-electron chi connectivity index (χ3n) is 4.68. The van der Waals surface area contributed by atoms with Crippen LogP contribution in [-0.2, 0) is 4.79 Å². The molecular formula is C16H32N2OS. The van der Waals surface area contributed by atoms with Crippen molar-refractivity contribution in [2.75, 3.05) is 12.8 Å². The standard InChI is InChI=1S/C16H32N2OS/c1-7-10-13-15(19)18(14(17-13)12(4)5)11-16(8-2,9-3)20-6/h12-14,17H,7-11H2,1-6H3.